The van der Waals surface area contributed by atoms with Crippen molar-refractivity contribution in [2.45, 2.75) is 285 Å². The van der Waals surface area contributed by atoms with Crippen LogP contribution in [0.2, 0.25) is 0 Å². The first kappa shape index (κ1) is 60.8. The van der Waals surface area contributed by atoms with E-state index in [1.807, 2.05) is 0 Å². The van der Waals surface area contributed by atoms with Crippen LogP contribution in [0.25, 0.3) is 0 Å². The third kappa shape index (κ3) is 38.1. The van der Waals surface area contributed by atoms with Crippen LogP contribution in [0.5, 0.6) is 0 Å². The Labute approximate surface area is 385 Å². The Morgan fingerprint density at radius 1 is 0.516 bits per heavy atom. The average molecular weight is 882 g/mol. The van der Waals surface area contributed by atoms with E-state index in [4.69, 9.17) is 24.4 Å². The first-order chi connectivity index (χ1) is 30.2. The van der Waals surface area contributed by atoms with Gasteiger partial charge in [-0.25, -0.2) is 0 Å². The summed E-state index contributed by atoms with van der Waals surface area (Å²) in [4.78, 5) is 23.6. The molecule has 0 spiro atoms. The van der Waals surface area contributed by atoms with Gasteiger partial charge in [-0.3, -0.25) is 14.5 Å². The van der Waals surface area contributed by atoms with Crippen LogP contribution in [-0.4, -0.2) is 78.4 Å². The number of aliphatic carboxylic acids is 2. The molecule has 8 heteroatoms. The van der Waals surface area contributed by atoms with Gasteiger partial charge in [0.2, 0.25) is 0 Å². The van der Waals surface area contributed by atoms with Gasteiger partial charge in [-0.05, 0) is 37.5 Å². The standard InChI is InChI=1S/C28H51NO7.2C13H28/c30-26(31)15-11-7-3-1-5-9-13-17-28(18-14-10-6-2-4-8-12-16-27(32)33)35-24-25(36-28)23-29-19-21-34-22-20-29;2*1-4-7-9-11-13(6-3)12-10-8-5-2/h25H,1-24H2,(H,30,31)(H,32,33);2*13H,4-12H2,1-3H3. The number of unbranched alkanes of at least 4 members (excludes halogenated alkanes) is 20. The van der Waals surface area contributed by atoms with Crippen molar-refractivity contribution in [2.24, 2.45) is 11.8 Å². The predicted molar refractivity (Wildman–Crippen MR) is 263 cm³/mol. The van der Waals surface area contributed by atoms with E-state index in [0.717, 1.165) is 122 Å². The minimum Gasteiger partial charge on any atom is -0.481 e. The Balaban J connectivity index is 0.00000117. The highest BCUT2D eigenvalue weighted by Gasteiger charge is 2.41. The maximum atomic E-state index is 10.6. The third-order valence-electron chi connectivity index (χ3n) is 13.4. The lowest BCUT2D eigenvalue weighted by Crippen LogP contribution is -2.42. The van der Waals surface area contributed by atoms with Crippen molar-refractivity contribution >= 4 is 11.9 Å². The van der Waals surface area contributed by atoms with E-state index in [1.54, 1.807) is 0 Å². The van der Waals surface area contributed by atoms with Crippen LogP contribution in [0.1, 0.15) is 273 Å². The normalized spacial score (nSPS) is 16.3. The van der Waals surface area contributed by atoms with Gasteiger partial charge in [0.1, 0.15) is 0 Å². The lowest BCUT2D eigenvalue weighted by molar-refractivity contribution is -0.181. The van der Waals surface area contributed by atoms with Crippen molar-refractivity contribution in [3.8, 4) is 0 Å². The van der Waals surface area contributed by atoms with Crippen LogP contribution >= 0.6 is 0 Å². The summed E-state index contributed by atoms with van der Waals surface area (Å²) >= 11 is 0. The van der Waals surface area contributed by atoms with Crippen LogP contribution in [-0.2, 0) is 23.8 Å². The number of nitrogens with zero attached hydrogens (tertiary/aromatic N) is 1. The summed E-state index contributed by atoms with van der Waals surface area (Å²) in [6.07, 6.45) is 43.4. The molecule has 0 aliphatic carbocycles. The van der Waals surface area contributed by atoms with E-state index < -0.39 is 17.7 Å². The molecule has 2 rings (SSSR count). The third-order valence-corrected chi connectivity index (χ3v) is 13.4. The fourth-order valence-electron chi connectivity index (χ4n) is 9.11. The molecule has 2 aliphatic heterocycles. The Morgan fingerprint density at radius 2 is 0.871 bits per heavy atom. The van der Waals surface area contributed by atoms with E-state index in [9.17, 15) is 9.59 Å². The van der Waals surface area contributed by atoms with Crippen molar-refractivity contribution in [3.63, 3.8) is 0 Å². The molecule has 0 saturated carbocycles. The number of ether oxygens (including phenoxy) is 3. The number of carboxylic acid groups (broad SMARTS) is 2. The Hall–Kier alpha value is -1.22. The molecule has 0 bridgehead atoms. The molecule has 8 nitrogen and oxygen atoms in total. The summed E-state index contributed by atoms with van der Waals surface area (Å²) in [5, 5.41) is 17.5. The SMILES string of the molecule is CCCCCC(CC)CCCCC.CCCCCC(CC)CCCCC.O=C(O)CCCCCCCCCC1(CCCCCCCCCC(=O)O)OCC(CN2CCOCC2)O1. The Kier molecular flexibility index (Phi) is 44.1. The van der Waals surface area contributed by atoms with E-state index in [-0.39, 0.29) is 18.9 Å². The second-order valence-electron chi connectivity index (χ2n) is 19.1. The summed E-state index contributed by atoms with van der Waals surface area (Å²) in [6, 6.07) is 0. The number of hydrogen-bond acceptors (Lipinski definition) is 6. The molecule has 2 fully saturated rings. The monoisotopic (exact) mass is 882 g/mol. The Morgan fingerprint density at radius 3 is 1.21 bits per heavy atom. The van der Waals surface area contributed by atoms with E-state index >= 15 is 0 Å². The number of morpholine rings is 1. The molecule has 2 saturated heterocycles. The molecular formula is C54H107NO7. The van der Waals surface area contributed by atoms with Crippen LogP contribution in [0, 0.1) is 11.8 Å². The van der Waals surface area contributed by atoms with Gasteiger partial charge in [-0.15, -0.1) is 0 Å². The lowest BCUT2D eigenvalue weighted by atomic mass is 9.93. The van der Waals surface area contributed by atoms with Crippen molar-refractivity contribution < 1.29 is 34.0 Å². The number of hydrogen-bond donors (Lipinski definition) is 2. The van der Waals surface area contributed by atoms with Gasteiger partial charge in [-0.1, -0.05) is 221 Å². The largest absolute Gasteiger partial charge is 0.481 e. The first-order valence-corrected chi connectivity index (χ1v) is 27.2. The second kappa shape index (κ2) is 45.0. The molecule has 0 aromatic rings. The zero-order valence-electron chi connectivity index (χ0n) is 42.3. The summed E-state index contributed by atoms with van der Waals surface area (Å²) in [5.74, 6) is 0.218. The highest BCUT2D eigenvalue weighted by molar-refractivity contribution is 5.66. The molecule has 0 aromatic carbocycles. The average Bonchev–Trinajstić information content (AvgIpc) is 3.66. The first-order valence-electron chi connectivity index (χ1n) is 27.2. The smallest absolute Gasteiger partial charge is 0.303 e. The van der Waals surface area contributed by atoms with Gasteiger partial charge < -0.3 is 24.4 Å². The van der Waals surface area contributed by atoms with Crippen LogP contribution < -0.4 is 0 Å². The minimum absolute atomic E-state index is 0.131. The Bertz CT molecular complexity index is 881. The summed E-state index contributed by atoms with van der Waals surface area (Å²) in [5.41, 5.74) is 0. The molecule has 370 valence electrons. The van der Waals surface area contributed by atoms with Gasteiger partial charge in [0.25, 0.3) is 0 Å². The van der Waals surface area contributed by atoms with Gasteiger partial charge in [-0.2, -0.15) is 0 Å². The number of carbonyl (C=O) groups is 2. The zero-order chi connectivity index (χ0) is 45.8. The fourth-order valence-corrected chi connectivity index (χ4v) is 9.11. The molecule has 62 heavy (non-hydrogen) atoms. The molecule has 2 aliphatic rings. The van der Waals surface area contributed by atoms with Gasteiger partial charge in [0.05, 0.1) is 25.9 Å². The van der Waals surface area contributed by atoms with Crippen LogP contribution in [0.4, 0.5) is 0 Å². The molecular weight excluding hydrogens is 775 g/mol. The maximum Gasteiger partial charge on any atom is 0.303 e. The lowest BCUT2D eigenvalue weighted by Gasteiger charge is -2.31. The molecule has 0 radical (unpaired) electrons. The van der Waals surface area contributed by atoms with Gasteiger partial charge >= 0.3 is 11.9 Å². The van der Waals surface area contributed by atoms with E-state index in [0.29, 0.717) is 6.61 Å². The van der Waals surface area contributed by atoms with E-state index in [1.165, 1.54) is 141 Å². The van der Waals surface area contributed by atoms with Crippen molar-refractivity contribution in [1.82, 2.24) is 4.90 Å². The van der Waals surface area contributed by atoms with Crippen LogP contribution in [0.3, 0.4) is 0 Å². The molecule has 0 amide bonds. The van der Waals surface area contributed by atoms with Crippen molar-refractivity contribution in [3.05, 3.63) is 0 Å². The number of rotatable bonds is 40. The topological polar surface area (TPSA) is 106 Å². The molecule has 1 unspecified atom stereocenters. The predicted octanol–water partition coefficient (Wildman–Crippen LogP) is 16.0. The van der Waals surface area contributed by atoms with Crippen molar-refractivity contribution in [1.29, 1.82) is 0 Å². The summed E-state index contributed by atoms with van der Waals surface area (Å²) < 4.78 is 18.4. The molecule has 2 N–H and O–H groups in total. The highest BCUT2D eigenvalue weighted by atomic mass is 16.7. The minimum atomic E-state index is -0.695. The summed E-state index contributed by atoms with van der Waals surface area (Å²) in [6.45, 7) is 19.0. The van der Waals surface area contributed by atoms with Crippen molar-refractivity contribution in [2.75, 3.05) is 39.5 Å². The second-order valence-corrected chi connectivity index (χ2v) is 19.1. The molecule has 2 heterocycles. The maximum absolute atomic E-state index is 10.6. The summed E-state index contributed by atoms with van der Waals surface area (Å²) in [7, 11) is 0. The van der Waals surface area contributed by atoms with Gasteiger partial charge in [0.15, 0.2) is 5.79 Å². The quantitative estimate of drug-likeness (QED) is 0.0586. The molecule has 0 aromatic heterocycles. The zero-order valence-corrected chi connectivity index (χ0v) is 42.3. The highest BCUT2D eigenvalue weighted by Crippen LogP contribution is 2.35. The molecule has 1 atom stereocenters. The number of carboxylic acids is 2. The van der Waals surface area contributed by atoms with Crippen LogP contribution in [0.15, 0.2) is 0 Å². The van der Waals surface area contributed by atoms with Gasteiger partial charge in [0, 0.05) is 45.3 Å². The fraction of sp³-hybridized carbons (Fsp3) is 0.963. The van der Waals surface area contributed by atoms with E-state index in [2.05, 4.69) is 46.4 Å².